The molecule has 2 aromatic carbocycles. The number of nitrogens with zero attached hydrogens (tertiary/aromatic N) is 1. The molecule has 7 heteroatoms. The molecule has 0 spiro atoms. The summed E-state index contributed by atoms with van der Waals surface area (Å²) < 4.78 is 10.8. The van der Waals surface area contributed by atoms with Crippen molar-refractivity contribution in [2.45, 2.75) is 50.9 Å². The fraction of sp³-hybridized carbons (Fsp3) is 0.517. The summed E-state index contributed by atoms with van der Waals surface area (Å²) in [6.45, 7) is 8.55. The van der Waals surface area contributed by atoms with Crippen molar-refractivity contribution in [2.24, 2.45) is 5.92 Å². The summed E-state index contributed by atoms with van der Waals surface area (Å²) >= 11 is 6.66. The van der Waals surface area contributed by atoms with E-state index in [2.05, 4.69) is 48.3 Å². The molecule has 0 radical (unpaired) electrons. The summed E-state index contributed by atoms with van der Waals surface area (Å²) in [6, 6.07) is 14.2. The van der Waals surface area contributed by atoms with Gasteiger partial charge in [0.25, 0.3) is 0 Å². The first kappa shape index (κ1) is 26.6. The van der Waals surface area contributed by atoms with Crippen LogP contribution >= 0.6 is 11.6 Å². The molecule has 4 rings (SSSR count). The SMILES string of the molecule is Cc1ccc(NC2C(=O)CC(Cl)[C@@H]2Cc2cccc(CCC(=O)OCCN3CCOCC3)c2)c(C)c1. The number of hydrogen-bond donors (Lipinski definition) is 1. The molecule has 2 aliphatic rings. The van der Waals surface area contributed by atoms with E-state index in [4.69, 9.17) is 21.1 Å². The van der Waals surface area contributed by atoms with Gasteiger partial charge >= 0.3 is 5.97 Å². The molecular weight excluding hydrogens is 476 g/mol. The fourth-order valence-corrected chi connectivity index (χ4v) is 5.50. The Morgan fingerprint density at radius 2 is 1.92 bits per heavy atom. The van der Waals surface area contributed by atoms with E-state index in [1.807, 2.05) is 18.2 Å². The molecule has 0 aromatic heterocycles. The van der Waals surface area contributed by atoms with Crippen LogP contribution in [-0.4, -0.2) is 67.5 Å². The van der Waals surface area contributed by atoms with Crippen molar-refractivity contribution in [1.82, 2.24) is 4.90 Å². The molecule has 0 amide bonds. The number of ether oxygens (including phenoxy) is 2. The highest BCUT2D eigenvalue weighted by atomic mass is 35.5. The maximum atomic E-state index is 12.8. The van der Waals surface area contributed by atoms with Crippen LogP contribution in [0.15, 0.2) is 42.5 Å². The van der Waals surface area contributed by atoms with Gasteiger partial charge in [0.15, 0.2) is 5.78 Å². The summed E-state index contributed by atoms with van der Waals surface area (Å²) in [5.41, 5.74) is 5.52. The van der Waals surface area contributed by atoms with Crippen LogP contribution in [0.1, 0.15) is 35.1 Å². The third kappa shape index (κ3) is 7.31. The van der Waals surface area contributed by atoms with Crippen LogP contribution in [0.4, 0.5) is 5.69 Å². The molecule has 36 heavy (non-hydrogen) atoms. The average molecular weight is 513 g/mol. The van der Waals surface area contributed by atoms with Gasteiger partial charge in [0, 0.05) is 49.5 Å². The number of carbonyl (C=O) groups is 2. The molecule has 1 saturated carbocycles. The molecule has 0 bridgehead atoms. The second-order valence-corrected chi connectivity index (χ2v) is 10.5. The molecular formula is C29H37ClN2O4. The van der Waals surface area contributed by atoms with Crippen molar-refractivity contribution >= 4 is 29.0 Å². The molecule has 1 aliphatic heterocycles. The van der Waals surface area contributed by atoms with E-state index >= 15 is 0 Å². The monoisotopic (exact) mass is 512 g/mol. The third-order valence-electron chi connectivity index (χ3n) is 7.18. The van der Waals surface area contributed by atoms with E-state index in [0.29, 0.717) is 32.3 Å². The Labute approximate surface area is 219 Å². The van der Waals surface area contributed by atoms with Crippen LogP contribution in [0.2, 0.25) is 0 Å². The minimum Gasteiger partial charge on any atom is -0.464 e. The van der Waals surface area contributed by atoms with Crippen LogP contribution in [-0.2, 0) is 31.9 Å². The summed E-state index contributed by atoms with van der Waals surface area (Å²) in [4.78, 5) is 27.3. The van der Waals surface area contributed by atoms with Crippen molar-refractivity contribution in [3.8, 4) is 0 Å². The minimum atomic E-state index is -0.306. The fourth-order valence-electron chi connectivity index (χ4n) is 5.11. The largest absolute Gasteiger partial charge is 0.464 e. The lowest BCUT2D eigenvalue weighted by Gasteiger charge is -2.26. The van der Waals surface area contributed by atoms with Gasteiger partial charge in [-0.1, -0.05) is 42.0 Å². The predicted octanol–water partition coefficient (Wildman–Crippen LogP) is 4.33. The lowest BCUT2D eigenvalue weighted by Crippen LogP contribution is -2.38. The highest BCUT2D eigenvalue weighted by Crippen LogP contribution is 2.34. The number of alkyl halides is 1. The maximum Gasteiger partial charge on any atom is 0.306 e. The van der Waals surface area contributed by atoms with E-state index in [1.165, 1.54) is 5.56 Å². The third-order valence-corrected chi connectivity index (χ3v) is 7.66. The number of hydrogen-bond acceptors (Lipinski definition) is 6. The van der Waals surface area contributed by atoms with Crippen LogP contribution < -0.4 is 5.32 Å². The standard InChI is InChI=1S/C29H37ClN2O4/c1-20-6-8-26(21(2)16-20)31-29-24(25(30)19-27(29)33)18-23-5-3-4-22(17-23)7-9-28(34)36-15-12-32-10-13-35-14-11-32/h3-6,8,16-17,24-25,29,31H,7,9-15,18-19H2,1-2H3/t24-,25?,29?/m0/s1. The zero-order valence-corrected chi connectivity index (χ0v) is 22.1. The molecule has 2 aromatic rings. The Morgan fingerprint density at radius 3 is 2.69 bits per heavy atom. The summed E-state index contributed by atoms with van der Waals surface area (Å²) in [5.74, 6) is -0.00941. The van der Waals surface area contributed by atoms with Crippen LogP contribution in [0.5, 0.6) is 0 Å². The lowest BCUT2D eigenvalue weighted by molar-refractivity contribution is -0.144. The Balaban J connectivity index is 1.30. The van der Waals surface area contributed by atoms with Crippen molar-refractivity contribution in [1.29, 1.82) is 0 Å². The Morgan fingerprint density at radius 1 is 1.14 bits per heavy atom. The molecule has 1 aliphatic carbocycles. The number of ketones is 1. The number of esters is 1. The van der Waals surface area contributed by atoms with E-state index in [9.17, 15) is 9.59 Å². The Bertz CT molecular complexity index is 1050. The molecule has 6 nitrogen and oxygen atoms in total. The van der Waals surface area contributed by atoms with Gasteiger partial charge < -0.3 is 14.8 Å². The van der Waals surface area contributed by atoms with Crippen molar-refractivity contribution in [2.75, 3.05) is 44.8 Å². The summed E-state index contributed by atoms with van der Waals surface area (Å²) in [5, 5.41) is 3.28. The first-order valence-electron chi connectivity index (χ1n) is 12.9. The zero-order valence-electron chi connectivity index (χ0n) is 21.3. The van der Waals surface area contributed by atoms with E-state index in [-0.39, 0.29) is 29.1 Å². The average Bonchev–Trinajstić information content (AvgIpc) is 3.12. The smallest absolute Gasteiger partial charge is 0.306 e. The molecule has 2 fully saturated rings. The number of halogens is 1. The minimum absolute atomic E-state index is 0.000252. The summed E-state index contributed by atoms with van der Waals surface area (Å²) in [7, 11) is 0. The highest BCUT2D eigenvalue weighted by molar-refractivity contribution is 6.23. The number of rotatable bonds is 10. The van der Waals surface area contributed by atoms with Crippen LogP contribution in [0.25, 0.3) is 0 Å². The van der Waals surface area contributed by atoms with Gasteiger partial charge in [0.2, 0.25) is 0 Å². The number of Topliss-reactive ketones (excluding diaryl/α,β-unsaturated/α-hetero) is 1. The van der Waals surface area contributed by atoms with Gasteiger partial charge in [-0.2, -0.15) is 0 Å². The molecule has 194 valence electrons. The Hall–Kier alpha value is -2.41. The van der Waals surface area contributed by atoms with E-state index in [1.54, 1.807) is 0 Å². The first-order valence-corrected chi connectivity index (χ1v) is 13.4. The first-order chi connectivity index (χ1) is 17.4. The maximum absolute atomic E-state index is 12.8. The topological polar surface area (TPSA) is 67.9 Å². The van der Waals surface area contributed by atoms with Crippen LogP contribution in [0, 0.1) is 19.8 Å². The van der Waals surface area contributed by atoms with Crippen molar-refractivity contribution in [3.05, 3.63) is 64.7 Å². The van der Waals surface area contributed by atoms with E-state index < -0.39 is 0 Å². The van der Waals surface area contributed by atoms with Crippen LogP contribution in [0.3, 0.4) is 0 Å². The van der Waals surface area contributed by atoms with Gasteiger partial charge in [0.05, 0.1) is 19.3 Å². The van der Waals surface area contributed by atoms with Gasteiger partial charge in [-0.3, -0.25) is 14.5 Å². The number of benzene rings is 2. The van der Waals surface area contributed by atoms with Crippen molar-refractivity contribution < 1.29 is 19.1 Å². The number of morpholine rings is 1. The quantitative estimate of drug-likeness (QED) is 0.377. The van der Waals surface area contributed by atoms with E-state index in [0.717, 1.165) is 55.2 Å². The van der Waals surface area contributed by atoms with Gasteiger partial charge in [0.1, 0.15) is 6.61 Å². The highest BCUT2D eigenvalue weighted by Gasteiger charge is 2.41. The second-order valence-electron chi connectivity index (χ2n) is 9.99. The number of carbonyl (C=O) groups excluding carboxylic acids is 2. The molecule has 1 N–H and O–H groups in total. The van der Waals surface area contributed by atoms with Crippen molar-refractivity contribution in [3.63, 3.8) is 0 Å². The number of aryl methyl sites for hydroxylation is 3. The number of anilines is 1. The predicted molar refractivity (Wildman–Crippen MR) is 143 cm³/mol. The molecule has 1 saturated heterocycles. The second kappa shape index (κ2) is 12.7. The normalized spacial score (nSPS) is 22.5. The molecule has 2 unspecified atom stereocenters. The van der Waals surface area contributed by atoms with Gasteiger partial charge in [-0.15, -0.1) is 11.6 Å². The zero-order chi connectivity index (χ0) is 25.5. The Kier molecular flexibility index (Phi) is 9.41. The summed E-state index contributed by atoms with van der Waals surface area (Å²) in [6.07, 6.45) is 2.07. The lowest BCUT2D eigenvalue weighted by atomic mass is 9.92. The van der Waals surface area contributed by atoms with Gasteiger partial charge in [-0.25, -0.2) is 0 Å². The molecule has 1 heterocycles. The molecule has 3 atom stereocenters. The number of nitrogens with one attached hydrogen (secondary N) is 1. The van der Waals surface area contributed by atoms with Gasteiger partial charge in [-0.05, 0) is 49.4 Å².